The Morgan fingerprint density at radius 1 is 1.53 bits per heavy atom. The Morgan fingerprint density at radius 2 is 2.20 bits per heavy atom. The molecule has 1 atom stereocenters. The van der Waals surface area contributed by atoms with E-state index in [1.807, 2.05) is 0 Å². The molecule has 0 fully saturated rings. The number of benzene rings is 1. The normalized spacial score (nSPS) is 19.1. The first kappa shape index (κ1) is 10.3. The number of carbonyl (C=O) groups excluding carboxylic acids is 1. The van der Waals surface area contributed by atoms with Gasteiger partial charge in [-0.15, -0.1) is 0 Å². The van der Waals surface area contributed by atoms with Gasteiger partial charge in [-0.2, -0.15) is 0 Å². The number of Topliss-reactive ketones (excluding diaryl/α,β-unsaturated/α-hetero) is 1. The molecule has 0 aliphatic heterocycles. The van der Waals surface area contributed by atoms with Crippen LogP contribution in [0.1, 0.15) is 28.3 Å². The van der Waals surface area contributed by atoms with Crippen LogP contribution in [0.5, 0.6) is 0 Å². The van der Waals surface area contributed by atoms with Crippen LogP contribution in [0, 0.1) is 5.82 Å². The molecule has 15 heavy (non-hydrogen) atoms. The summed E-state index contributed by atoms with van der Waals surface area (Å²) in [6.45, 7) is 0. The van der Waals surface area contributed by atoms with Crippen LogP contribution < -0.4 is 0 Å². The molecule has 2 rings (SSSR count). The number of carboxylic acids is 1. The molecule has 0 radical (unpaired) electrons. The number of aliphatic carboxylic acids is 1. The van der Waals surface area contributed by atoms with Gasteiger partial charge in [0, 0.05) is 22.0 Å². The summed E-state index contributed by atoms with van der Waals surface area (Å²) >= 11 is 3.06. The Labute approximate surface area is 93.0 Å². The SMILES string of the molecule is O=C1CC(C(=O)O)c2c(F)cc(Br)cc21. The number of carboxylic acid groups (broad SMARTS) is 1. The second kappa shape index (κ2) is 3.41. The summed E-state index contributed by atoms with van der Waals surface area (Å²) in [6, 6.07) is 2.64. The molecule has 5 heteroatoms. The van der Waals surface area contributed by atoms with E-state index >= 15 is 0 Å². The summed E-state index contributed by atoms with van der Waals surface area (Å²) in [7, 11) is 0. The molecule has 1 aromatic carbocycles. The predicted octanol–water partition coefficient (Wildman–Crippen LogP) is 2.34. The van der Waals surface area contributed by atoms with E-state index in [9.17, 15) is 14.0 Å². The lowest BCUT2D eigenvalue weighted by Gasteiger charge is -2.06. The van der Waals surface area contributed by atoms with Gasteiger partial charge in [-0.1, -0.05) is 15.9 Å². The van der Waals surface area contributed by atoms with E-state index in [4.69, 9.17) is 5.11 Å². The van der Waals surface area contributed by atoms with Crippen LogP contribution in [0.3, 0.4) is 0 Å². The van der Waals surface area contributed by atoms with Crippen LogP contribution in [0.25, 0.3) is 0 Å². The monoisotopic (exact) mass is 272 g/mol. The fraction of sp³-hybridized carbons (Fsp3) is 0.200. The molecular formula is C10H6BrFO3. The van der Waals surface area contributed by atoms with Gasteiger partial charge in [-0.05, 0) is 12.1 Å². The lowest BCUT2D eigenvalue weighted by Crippen LogP contribution is -2.09. The Balaban J connectivity index is 2.65. The van der Waals surface area contributed by atoms with Gasteiger partial charge >= 0.3 is 5.97 Å². The van der Waals surface area contributed by atoms with Gasteiger partial charge in [-0.25, -0.2) is 4.39 Å². The molecule has 0 bridgehead atoms. The molecule has 78 valence electrons. The zero-order chi connectivity index (χ0) is 11.2. The van der Waals surface area contributed by atoms with Crippen LogP contribution >= 0.6 is 15.9 Å². The molecule has 0 saturated carbocycles. The number of carbonyl (C=O) groups is 2. The summed E-state index contributed by atoms with van der Waals surface area (Å²) in [4.78, 5) is 22.3. The van der Waals surface area contributed by atoms with Crippen molar-refractivity contribution in [3.8, 4) is 0 Å². The Morgan fingerprint density at radius 3 is 2.80 bits per heavy atom. The van der Waals surface area contributed by atoms with E-state index in [0.29, 0.717) is 4.47 Å². The first-order valence-corrected chi connectivity index (χ1v) is 5.05. The van der Waals surface area contributed by atoms with Gasteiger partial charge in [0.25, 0.3) is 0 Å². The second-order valence-corrected chi connectivity index (χ2v) is 4.28. The highest BCUT2D eigenvalue weighted by atomic mass is 79.9. The molecule has 1 aliphatic rings. The van der Waals surface area contributed by atoms with Crippen molar-refractivity contribution in [1.29, 1.82) is 0 Å². The van der Waals surface area contributed by atoms with Crippen LogP contribution in [-0.4, -0.2) is 16.9 Å². The number of hydrogen-bond donors (Lipinski definition) is 1. The van der Waals surface area contributed by atoms with Gasteiger partial charge in [0.1, 0.15) is 5.82 Å². The number of hydrogen-bond acceptors (Lipinski definition) is 2. The van der Waals surface area contributed by atoms with Crippen molar-refractivity contribution in [2.24, 2.45) is 0 Å². The maximum Gasteiger partial charge on any atom is 0.311 e. The van der Waals surface area contributed by atoms with Crippen molar-refractivity contribution < 1.29 is 19.1 Å². The number of halogens is 2. The van der Waals surface area contributed by atoms with Crippen LogP contribution in [0.15, 0.2) is 16.6 Å². The molecule has 0 spiro atoms. The summed E-state index contributed by atoms with van der Waals surface area (Å²) < 4.78 is 13.9. The van der Waals surface area contributed by atoms with Gasteiger partial charge in [0.05, 0.1) is 5.92 Å². The third kappa shape index (κ3) is 1.56. The van der Waals surface area contributed by atoms with Gasteiger partial charge < -0.3 is 5.11 Å². The van der Waals surface area contributed by atoms with Crippen LogP contribution in [0.4, 0.5) is 4.39 Å². The van der Waals surface area contributed by atoms with Gasteiger partial charge in [-0.3, -0.25) is 9.59 Å². The first-order valence-electron chi connectivity index (χ1n) is 4.25. The molecule has 1 aromatic rings. The minimum absolute atomic E-state index is 0.00991. The molecule has 0 heterocycles. The largest absolute Gasteiger partial charge is 0.481 e. The maximum atomic E-state index is 13.5. The topological polar surface area (TPSA) is 54.4 Å². The van der Waals surface area contributed by atoms with E-state index in [1.165, 1.54) is 12.1 Å². The zero-order valence-electron chi connectivity index (χ0n) is 7.46. The number of ketones is 1. The molecule has 1 N–H and O–H groups in total. The lowest BCUT2D eigenvalue weighted by atomic mass is 10.0. The summed E-state index contributed by atoms with van der Waals surface area (Å²) in [5.74, 6) is -3.17. The highest BCUT2D eigenvalue weighted by Gasteiger charge is 2.37. The fourth-order valence-corrected chi connectivity index (χ4v) is 2.21. The van der Waals surface area contributed by atoms with Gasteiger partial charge in [0.15, 0.2) is 5.78 Å². The van der Waals surface area contributed by atoms with Crippen molar-refractivity contribution >= 4 is 27.7 Å². The van der Waals surface area contributed by atoms with Crippen molar-refractivity contribution in [2.45, 2.75) is 12.3 Å². The quantitative estimate of drug-likeness (QED) is 0.854. The minimum Gasteiger partial charge on any atom is -0.481 e. The summed E-state index contributed by atoms with van der Waals surface area (Å²) in [6.07, 6.45) is -0.155. The van der Waals surface area contributed by atoms with E-state index in [2.05, 4.69) is 15.9 Å². The zero-order valence-corrected chi connectivity index (χ0v) is 9.04. The van der Waals surface area contributed by atoms with E-state index in [1.54, 1.807) is 0 Å². The predicted molar refractivity (Wildman–Crippen MR) is 53.4 cm³/mol. The Hall–Kier alpha value is -1.23. The Bertz CT molecular complexity index is 470. The third-order valence-corrected chi connectivity index (χ3v) is 2.89. The van der Waals surface area contributed by atoms with Crippen molar-refractivity contribution in [3.63, 3.8) is 0 Å². The molecule has 1 unspecified atom stereocenters. The number of rotatable bonds is 1. The molecule has 1 aliphatic carbocycles. The van der Waals surface area contributed by atoms with E-state index in [0.717, 1.165) is 0 Å². The smallest absolute Gasteiger partial charge is 0.311 e. The van der Waals surface area contributed by atoms with Crippen molar-refractivity contribution in [2.75, 3.05) is 0 Å². The lowest BCUT2D eigenvalue weighted by molar-refractivity contribution is -0.138. The fourth-order valence-electron chi connectivity index (χ4n) is 1.78. The van der Waals surface area contributed by atoms with Crippen molar-refractivity contribution in [3.05, 3.63) is 33.5 Å². The first-order chi connectivity index (χ1) is 7.00. The molecule has 0 saturated heterocycles. The van der Waals surface area contributed by atoms with Crippen LogP contribution in [0.2, 0.25) is 0 Å². The standard InChI is InChI=1S/C10H6BrFO3/c11-4-1-5-8(13)3-6(10(14)15)9(5)7(12)2-4/h1-2,6H,3H2,(H,14,15). The summed E-state index contributed by atoms with van der Waals surface area (Å²) in [5.41, 5.74) is 0.185. The highest BCUT2D eigenvalue weighted by Crippen LogP contribution is 2.36. The molecule has 0 aromatic heterocycles. The molecule has 0 amide bonds. The van der Waals surface area contributed by atoms with E-state index in [-0.39, 0.29) is 23.3 Å². The molecular weight excluding hydrogens is 267 g/mol. The number of fused-ring (bicyclic) bond motifs is 1. The van der Waals surface area contributed by atoms with Crippen molar-refractivity contribution in [1.82, 2.24) is 0 Å². The average molecular weight is 273 g/mol. The second-order valence-electron chi connectivity index (χ2n) is 3.37. The van der Waals surface area contributed by atoms with Crippen LogP contribution in [-0.2, 0) is 4.79 Å². The summed E-state index contributed by atoms with van der Waals surface area (Å²) in [5, 5.41) is 8.84. The van der Waals surface area contributed by atoms with E-state index < -0.39 is 17.7 Å². The maximum absolute atomic E-state index is 13.5. The Kier molecular flexibility index (Phi) is 2.34. The average Bonchev–Trinajstić information content (AvgIpc) is 2.44. The minimum atomic E-state index is -1.16. The van der Waals surface area contributed by atoms with Gasteiger partial charge in [0.2, 0.25) is 0 Å². The molecule has 3 nitrogen and oxygen atoms in total. The third-order valence-electron chi connectivity index (χ3n) is 2.43. The highest BCUT2D eigenvalue weighted by molar-refractivity contribution is 9.10.